The molecule has 1 unspecified atom stereocenters. The van der Waals surface area contributed by atoms with Crippen molar-refractivity contribution in [1.82, 2.24) is 4.98 Å². The van der Waals surface area contributed by atoms with Crippen molar-refractivity contribution in [1.29, 1.82) is 0 Å². The summed E-state index contributed by atoms with van der Waals surface area (Å²) in [6.07, 6.45) is 4.48. The number of hydrogen-bond donors (Lipinski definition) is 0. The first-order chi connectivity index (χ1) is 8.88. The lowest BCUT2D eigenvalue weighted by Gasteiger charge is -2.19. The van der Waals surface area contributed by atoms with Gasteiger partial charge in [-0.3, -0.25) is 0 Å². The Labute approximate surface area is 116 Å². The topological polar surface area (TPSA) is 16.1 Å². The standard InChI is InChI=1S/C15H17BrN2/c16-8-5-12-7-10-18(11-12)15-14-4-2-1-3-13(14)6-9-17-15/h1-4,6,9,12H,5,7-8,10-11H2. The van der Waals surface area contributed by atoms with Crippen molar-refractivity contribution in [2.45, 2.75) is 12.8 Å². The monoisotopic (exact) mass is 304 g/mol. The predicted octanol–water partition coefficient (Wildman–Crippen LogP) is 3.85. The summed E-state index contributed by atoms with van der Waals surface area (Å²) in [4.78, 5) is 7.04. The average Bonchev–Trinajstić information content (AvgIpc) is 2.87. The number of aromatic nitrogens is 1. The van der Waals surface area contributed by atoms with E-state index in [1.807, 2.05) is 6.20 Å². The summed E-state index contributed by atoms with van der Waals surface area (Å²) in [5.74, 6) is 1.97. The number of hydrogen-bond acceptors (Lipinski definition) is 2. The van der Waals surface area contributed by atoms with Crippen LogP contribution in [0.5, 0.6) is 0 Å². The van der Waals surface area contributed by atoms with E-state index in [-0.39, 0.29) is 0 Å². The van der Waals surface area contributed by atoms with Crippen molar-refractivity contribution in [3.8, 4) is 0 Å². The second kappa shape index (κ2) is 5.27. The molecule has 2 aromatic rings. The lowest BCUT2D eigenvalue weighted by Crippen LogP contribution is -2.21. The number of benzene rings is 1. The quantitative estimate of drug-likeness (QED) is 0.801. The van der Waals surface area contributed by atoms with E-state index >= 15 is 0 Å². The van der Waals surface area contributed by atoms with Gasteiger partial charge in [0.05, 0.1) is 0 Å². The lowest BCUT2D eigenvalue weighted by atomic mass is 10.1. The molecule has 1 aromatic carbocycles. The van der Waals surface area contributed by atoms with Crippen LogP contribution < -0.4 is 4.90 Å². The maximum Gasteiger partial charge on any atom is 0.136 e. The van der Waals surface area contributed by atoms with E-state index in [2.05, 4.69) is 56.1 Å². The van der Waals surface area contributed by atoms with E-state index in [4.69, 9.17) is 0 Å². The molecule has 0 saturated carbocycles. The molecule has 94 valence electrons. The van der Waals surface area contributed by atoms with E-state index in [0.717, 1.165) is 30.2 Å². The maximum atomic E-state index is 4.60. The van der Waals surface area contributed by atoms with Crippen molar-refractivity contribution in [2.24, 2.45) is 5.92 Å². The van der Waals surface area contributed by atoms with Gasteiger partial charge in [0, 0.05) is 30.0 Å². The smallest absolute Gasteiger partial charge is 0.136 e. The molecular formula is C15H17BrN2. The molecule has 2 nitrogen and oxygen atoms in total. The minimum absolute atomic E-state index is 0.810. The third kappa shape index (κ3) is 2.24. The van der Waals surface area contributed by atoms with Gasteiger partial charge >= 0.3 is 0 Å². The number of rotatable bonds is 3. The number of alkyl halides is 1. The van der Waals surface area contributed by atoms with Crippen LogP contribution in [0, 0.1) is 5.92 Å². The molecular weight excluding hydrogens is 288 g/mol. The van der Waals surface area contributed by atoms with Gasteiger partial charge in [-0.05, 0) is 30.2 Å². The minimum atomic E-state index is 0.810. The fraction of sp³-hybridized carbons (Fsp3) is 0.400. The minimum Gasteiger partial charge on any atom is -0.356 e. The van der Waals surface area contributed by atoms with Gasteiger partial charge in [0.25, 0.3) is 0 Å². The summed E-state index contributed by atoms with van der Waals surface area (Å²) in [7, 11) is 0. The third-order valence-corrected chi connectivity index (χ3v) is 4.21. The van der Waals surface area contributed by atoms with E-state index in [1.165, 1.54) is 23.6 Å². The first-order valence-corrected chi connectivity index (χ1v) is 7.65. The highest BCUT2D eigenvalue weighted by molar-refractivity contribution is 9.09. The predicted molar refractivity (Wildman–Crippen MR) is 80.5 cm³/mol. The molecule has 0 amide bonds. The fourth-order valence-corrected chi connectivity index (χ4v) is 3.42. The zero-order valence-electron chi connectivity index (χ0n) is 10.3. The van der Waals surface area contributed by atoms with Crippen LogP contribution in [0.1, 0.15) is 12.8 Å². The van der Waals surface area contributed by atoms with Crippen molar-refractivity contribution in [2.75, 3.05) is 23.3 Å². The molecule has 1 aliphatic rings. The van der Waals surface area contributed by atoms with E-state index < -0.39 is 0 Å². The number of pyridine rings is 1. The summed E-state index contributed by atoms with van der Waals surface area (Å²) in [5, 5.41) is 3.67. The lowest BCUT2D eigenvalue weighted by molar-refractivity contribution is 0.575. The summed E-state index contributed by atoms with van der Waals surface area (Å²) >= 11 is 3.54. The van der Waals surface area contributed by atoms with Crippen LogP contribution in [0.2, 0.25) is 0 Å². The number of nitrogens with zero attached hydrogens (tertiary/aromatic N) is 2. The Bertz CT molecular complexity index is 536. The van der Waals surface area contributed by atoms with Gasteiger partial charge in [-0.25, -0.2) is 4.98 Å². The van der Waals surface area contributed by atoms with Gasteiger partial charge in [0.15, 0.2) is 0 Å². The Morgan fingerprint density at radius 3 is 3.06 bits per heavy atom. The first kappa shape index (κ1) is 12.0. The maximum absolute atomic E-state index is 4.60. The van der Waals surface area contributed by atoms with Gasteiger partial charge in [-0.2, -0.15) is 0 Å². The van der Waals surface area contributed by atoms with Crippen LogP contribution in [-0.4, -0.2) is 23.4 Å². The third-order valence-electron chi connectivity index (χ3n) is 3.76. The van der Waals surface area contributed by atoms with Crippen molar-refractivity contribution >= 4 is 32.5 Å². The van der Waals surface area contributed by atoms with Crippen LogP contribution in [0.4, 0.5) is 5.82 Å². The Hall–Kier alpha value is -1.09. The fourth-order valence-electron chi connectivity index (χ4n) is 2.77. The molecule has 0 radical (unpaired) electrons. The zero-order valence-corrected chi connectivity index (χ0v) is 11.9. The van der Waals surface area contributed by atoms with Crippen LogP contribution in [0.3, 0.4) is 0 Å². The zero-order chi connectivity index (χ0) is 12.4. The summed E-state index contributed by atoms with van der Waals surface area (Å²) in [5.41, 5.74) is 0. The van der Waals surface area contributed by atoms with Crippen molar-refractivity contribution in [3.05, 3.63) is 36.5 Å². The first-order valence-electron chi connectivity index (χ1n) is 6.53. The van der Waals surface area contributed by atoms with Crippen molar-refractivity contribution in [3.63, 3.8) is 0 Å². The SMILES string of the molecule is BrCCC1CCN(c2nccc3ccccc23)C1. The Morgan fingerprint density at radius 2 is 2.17 bits per heavy atom. The van der Waals surface area contributed by atoms with Gasteiger partial charge < -0.3 is 4.90 Å². The number of fused-ring (bicyclic) bond motifs is 1. The van der Waals surface area contributed by atoms with Crippen LogP contribution >= 0.6 is 15.9 Å². The summed E-state index contributed by atoms with van der Waals surface area (Å²) < 4.78 is 0. The van der Waals surface area contributed by atoms with E-state index in [9.17, 15) is 0 Å². The van der Waals surface area contributed by atoms with Gasteiger partial charge in [-0.15, -0.1) is 0 Å². The number of anilines is 1. The molecule has 2 heterocycles. The van der Waals surface area contributed by atoms with Crippen LogP contribution in [0.25, 0.3) is 10.8 Å². The molecule has 1 saturated heterocycles. The van der Waals surface area contributed by atoms with E-state index in [1.54, 1.807) is 0 Å². The molecule has 1 aromatic heterocycles. The molecule has 1 atom stereocenters. The Balaban J connectivity index is 1.91. The van der Waals surface area contributed by atoms with Crippen LogP contribution in [-0.2, 0) is 0 Å². The average molecular weight is 305 g/mol. The Morgan fingerprint density at radius 1 is 1.28 bits per heavy atom. The van der Waals surface area contributed by atoms with Gasteiger partial charge in [0.2, 0.25) is 0 Å². The van der Waals surface area contributed by atoms with Gasteiger partial charge in [-0.1, -0.05) is 40.2 Å². The summed E-state index contributed by atoms with van der Waals surface area (Å²) in [6, 6.07) is 10.6. The molecule has 1 fully saturated rings. The molecule has 1 aliphatic heterocycles. The summed E-state index contributed by atoms with van der Waals surface area (Å²) in [6.45, 7) is 2.28. The highest BCUT2D eigenvalue weighted by Crippen LogP contribution is 2.29. The molecule has 3 heteroatoms. The second-order valence-electron chi connectivity index (χ2n) is 4.93. The second-order valence-corrected chi connectivity index (χ2v) is 5.73. The largest absolute Gasteiger partial charge is 0.356 e. The molecule has 0 spiro atoms. The van der Waals surface area contributed by atoms with Crippen LogP contribution in [0.15, 0.2) is 36.5 Å². The Kier molecular flexibility index (Phi) is 3.50. The molecule has 0 aliphatic carbocycles. The van der Waals surface area contributed by atoms with Crippen molar-refractivity contribution < 1.29 is 0 Å². The molecule has 18 heavy (non-hydrogen) atoms. The van der Waals surface area contributed by atoms with Gasteiger partial charge in [0.1, 0.15) is 5.82 Å². The number of halogens is 1. The molecule has 3 rings (SSSR count). The highest BCUT2D eigenvalue weighted by Gasteiger charge is 2.23. The highest BCUT2D eigenvalue weighted by atomic mass is 79.9. The van der Waals surface area contributed by atoms with E-state index in [0.29, 0.717) is 0 Å². The molecule has 0 N–H and O–H groups in total. The normalized spacial score (nSPS) is 19.6. The molecule has 0 bridgehead atoms.